The van der Waals surface area contributed by atoms with Crippen molar-refractivity contribution in [3.8, 4) is 0 Å². The minimum absolute atomic E-state index is 0.107. The number of nitrogens with one attached hydrogen (secondary N) is 1. The first-order valence-electron chi connectivity index (χ1n) is 10.1. The number of carbonyl (C=O) groups excluding carboxylic acids is 1. The van der Waals surface area contributed by atoms with Gasteiger partial charge in [0, 0.05) is 59.1 Å². The highest BCUT2D eigenvalue weighted by Gasteiger charge is 2.28. The zero-order chi connectivity index (χ0) is 17.9. The van der Waals surface area contributed by atoms with Crippen molar-refractivity contribution in [2.45, 2.75) is 64.0 Å². The molecule has 1 atom stereocenters. The lowest BCUT2D eigenvalue weighted by Gasteiger charge is -2.37. The highest BCUT2D eigenvalue weighted by molar-refractivity contribution is 5.74. The van der Waals surface area contributed by atoms with Crippen LogP contribution in [0, 0.1) is 0 Å². The van der Waals surface area contributed by atoms with Crippen LogP contribution in [0.2, 0.25) is 0 Å². The lowest BCUT2D eigenvalue weighted by Crippen LogP contribution is -2.52. The van der Waals surface area contributed by atoms with Gasteiger partial charge in [0.2, 0.25) is 0 Å². The Hall–Kier alpha value is -0.850. The van der Waals surface area contributed by atoms with E-state index >= 15 is 0 Å². The number of likely N-dealkylation sites (tertiary alicyclic amines) is 2. The van der Waals surface area contributed by atoms with Gasteiger partial charge in [0.15, 0.2) is 0 Å². The zero-order valence-corrected chi connectivity index (χ0v) is 16.2. The van der Waals surface area contributed by atoms with E-state index in [2.05, 4.69) is 15.1 Å². The first kappa shape index (κ1) is 20.5. The van der Waals surface area contributed by atoms with Gasteiger partial charge in [-0.1, -0.05) is 12.8 Å². The van der Waals surface area contributed by atoms with Crippen LogP contribution in [0.4, 0.5) is 4.79 Å². The Morgan fingerprint density at radius 2 is 1.92 bits per heavy atom. The molecule has 6 heteroatoms. The van der Waals surface area contributed by atoms with E-state index in [1.165, 1.54) is 12.8 Å². The van der Waals surface area contributed by atoms with Gasteiger partial charge in [-0.2, -0.15) is 0 Å². The number of hydrogen-bond acceptors (Lipinski definition) is 4. The standard InChI is InChI=1S/C19H37N3O3/c1-3-25-15-7-11-20-19(23)22-12-6-4-5-8-17(22)16-21-13-9-18(24-2)10-14-21/h17-18H,3-16H2,1-2H3,(H,20,23). The highest BCUT2D eigenvalue weighted by atomic mass is 16.5. The van der Waals surface area contributed by atoms with Gasteiger partial charge in [-0.05, 0) is 39.0 Å². The van der Waals surface area contributed by atoms with E-state index in [-0.39, 0.29) is 6.03 Å². The fourth-order valence-corrected chi connectivity index (χ4v) is 3.88. The molecular formula is C19H37N3O3. The van der Waals surface area contributed by atoms with Crippen molar-refractivity contribution in [2.24, 2.45) is 0 Å². The van der Waals surface area contributed by atoms with Gasteiger partial charge in [0.1, 0.15) is 0 Å². The number of amides is 2. The number of ether oxygens (including phenoxy) is 2. The van der Waals surface area contributed by atoms with Gasteiger partial charge >= 0.3 is 6.03 Å². The molecule has 0 aromatic carbocycles. The average Bonchev–Trinajstić information content (AvgIpc) is 2.87. The molecule has 0 aromatic heterocycles. The smallest absolute Gasteiger partial charge is 0.317 e. The Morgan fingerprint density at radius 3 is 2.64 bits per heavy atom. The largest absolute Gasteiger partial charge is 0.382 e. The van der Waals surface area contributed by atoms with Gasteiger partial charge in [-0.3, -0.25) is 0 Å². The van der Waals surface area contributed by atoms with E-state index in [0.717, 1.165) is 64.9 Å². The van der Waals surface area contributed by atoms with Crippen LogP contribution in [0.3, 0.4) is 0 Å². The Labute approximate surface area is 153 Å². The molecule has 0 radical (unpaired) electrons. The summed E-state index contributed by atoms with van der Waals surface area (Å²) in [6, 6.07) is 0.448. The molecule has 0 spiro atoms. The third-order valence-electron chi connectivity index (χ3n) is 5.42. The molecule has 0 aliphatic carbocycles. The SMILES string of the molecule is CCOCCCNC(=O)N1CCCCCC1CN1CCC(OC)CC1. The first-order valence-corrected chi connectivity index (χ1v) is 10.1. The third-order valence-corrected chi connectivity index (χ3v) is 5.42. The van der Waals surface area contributed by atoms with Crippen LogP contribution in [0.1, 0.15) is 51.9 Å². The van der Waals surface area contributed by atoms with Crippen molar-refractivity contribution >= 4 is 6.03 Å². The second-order valence-corrected chi connectivity index (χ2v) is 7.21. The number of piperidine rings is 1. The maximum absolute atomic E-state index is 12.7. The molecular weight excluding hydrogens is 318 g/mol. The van der Waals surface area contributed by atoms with E-state index in [1.807, 2.05) is 14.0 Å². The quantitative estimate of drug-likeness (QED) is 0.680. The van der Waals surface area contributed by atoms with Crippen molar-refractivity contribution in [1.29, 1.82) is 0 Å². The summed E-state index contributed by atoms with van der Waals surface area (Å²) in [4.78, 5) is 17.3. The minimum atomic E-state index is 0.107. The molecule has 1 N–H and O–H groups in total. The maximum Gasteiger partial charge on any atom is 0.317 e. The molecule has 6 nitrogen and oxygen atoms in total. The number of nitrogens with zero attached hydrogens (tertiary/aromatic N) is 2. The van der Waals surface area contributed by atoms with E-state index in [4.69, 9.17) is 9.47 Å². The van der Waals surface area contributed by atoms with Crippen molar-refractivity contribution < 1.29 is 14.3 Å². The van der Waals surface area contributed by atoms with Gasteiger partial charge in [-0.15, -0.1) is 0 Å². The summed E-state index contributed by atoms with van der Waals surface area (Å²) >= 11 is 0. The summed E-state index contributed by atoms with van der Waals surface area (Å²) < 4.78 is 10.8. The van der Waals surface area contributed by atoms with Crippen LogP contribution in [0.25, 0.3) is 0 Å². The van der Waals surface area contributed by atoms with Crippen molar-refractivity contribution in [3.05, 3.63) is 0 Å². The minimum Gasteiger partial charge on any atom is -0.382 e. The molecule has 2 fully saturated rings. The van der Waals surface area contributed by atoms with Crippen molar-refractivity contribution in [1.82, 2.24) is 15.1 Å². The van der Waals surface area contributed by atoms with Crippen LogP contribution in [0.15, 0.2) is 0 Å². The molecule has 2 heterocycles. The molecule has 0 saturated carbocycles. The molecule has 2 aliphatic rings. The highest BCUT2D eigenvalue weighted by Crippen LogP contribution is 2.20. The summed E-state index contributed by atoms with van der Waals surface area (Å²) in [5, 5.41) is 3.09. The van der Waals surface area contributed by atoms with E-state index < -0.39 is 0 Å². The second-order valence-electron chi connectivity index (χ2n) is 7.21. The van der Waals surface area contributed by atoms with Crippen molar-refractivity contribution in [3.63, 3.8) is 0 Å². The van der Waals surface area contributed by atoms with Gasteiger partial charge < -0.3 is 24.6 Å². The molecule has 146 valence electrons. The number of carbonyl (C=O) groups is 1. The number of methoxy groups -OCH3 is 1. The van der Waals surface area contributed by atoms with Crippen LogP contribution >= 0.6 is 0 Å². The lowest BCUT2D eigenvalue weighted by atomic mass is 10.0. The zero-order valence-electron chi connectivity index (χ0n) is 16.2. The molecule has 2 rings (SSSR count). The van der Waals surface area contributed by atoms with E-state index in [9.17, 15) is 4.79 Å². The Kier molecular flexibility index (Phi) is 9.58. The topological polar surface area (TPSA) is 54.0 Å². The molecule has 25 heavy (non-hydrogen) atoms. The molecule has 2 saturated heterocycles. The Balaban J connectivity index is 1.80. The summed E-state index contributed by atoms with van der Waals surface area (Å²) in [7, 11) is 1.81. The summed E-state index contributed by atoms with van der Waals surface area (Å²) in [6.45, 7) is 8.20. The molecule has 0 bridgehead atoms. The summed E-state index contributed by atoms with van der Waals surface area (Å²) in [5.41, 5.74) is 0. The van der Waals surface area contributed by atoms with Crippen LogP contribution in [-0.2, 0) is 9.47 Å². The maximum atomic E-state index is 12.7. The third kappa shape index (κ3) is 7.12. The molecule has 0 aromatic rings. The second kappa shape index (κ2) is 11.7. The number of rotatable bonds is 8. The Bertz CT molecular complexity index is 373. The molecule has 2 amide bonds. The number of urea groups is 1. The summed E-state index contributed by atoms with van der Waals surface area (Å²) in [5.74, 6) is 0. The fraction of sp³-hybridized carbons (Fsp3) is 0.947. The van der Waals surface area contributed by atoms with E-state index in [1.54, 1.807) is 0 Å². The van der Waals surface area contributed by atoms with Crippen LogP contribution in [0.5, 0.6) is 0 Å². The van der Waals surface area contributed by atoms with Crippen LogP contribution in [-0.4, -0.2) is 81.0 Å². The van der Waals surface area contributed by atoms with Gasteiger partial charge in [0.05, 0.1) is 6.10 Å². The monoisotopic (exact) mass is 355 g/mol. The Morgan fingerprint density at radius 1 is 1.12 bits per heavy atom. The predicted octanol–water partition coefficient (Wildman–Crippen LogP) is 2.48. The summed E-state index contributed by atoms with van der Waals surface area (Å²) in [6.07, 6.45) is 8.20. The number of hydrogen-bond donors (Lipinski definition) is 1. The van der Waals surface area contributed by atoms with E-state index in [0.29, 0.717) is 25.3 Å². The molecule has 1 unspecified atom stereocenters. The predicted molar refractivity (Wildman–Crippen MR) is 99.9 cm³/mol. The van der Waals surface area contributed by atoms with Gasteiger partial charge in [-0.25, -0.2) is 4.79 Å². The first-order chi connectivity index (χ1) is 12.2. The average molecular weight is 356 g/mol. The molecule has 2 aliphatic heterocycles. The van der Waals surface area contributed by atoms with Crippen molar-refractivity contribution in [2.75, 3.05) is 53.0 Å². The fourth-order valence-electron chi connectivity index (χ4n) is 3.88. The van der Waals surface area contributed by atoms with Gasteiger partial charge in [0.25, 0.3) is 0 Å². The normalized spacial score (nSPS) is 23.4. The van der Waals surface area contributed by atoms with Crippen LogP contribution < -0.4 is 5.32 Å². The lowest BCUT2D eigenvalue weighted by molar-refractivity contribution is 0.0331.